The van der Waals surface area contributed by atoms with Gasteiger partial charge in [0.2, 0.25) is 5.95 Å². The second-order valence-electron chi connectivity index (χ2n) is 5.10. The molecule has 2 N–H and O–H groups in total. The summed E-state index contributed by atoms with van der Waals surface area (Å²) >= 11 is 6.03. The summed E-state index contributed by atoms with van der Waals surface area (Å²) in [6.07, 6.45) is 1.56. The maximum Gasteiger partial charge on any atom is 0.249 e. The number of nitrogens with one attached hydrogen (secondary N) is 2. The molecule has 0 saturated carbocycles. The lowest BCUT2D eigenvalue weighted by atomic mass is 10.2. The minimum atomic E-state index is 0.388. The van der Waals surface area contributed by atoms with E-state index in [1.54, 1.807) is 13.3 Å². The number of nitrogens with zero attached hydrogens (tertiary/aromatic N) is 3. The highest BCUT2D eigenvalue weighted by molar-refractivity contribution is 6.30. The Bertz CT molecular complexity index is 839. The zero-order chi connectivity index (χ0) is 16.9. The minimum Gasteiger partial charge on any atom is -0.497 e. The van der Waals surface area contributed by atoms with E-state index in [-0.39, 0.29) is 0 Å². The molecule has 3 rings (SSSR count). The summed E-state index contributed by atoms with van der Waals surface area (Å²) in [5.41, 5.74) is 2.75. The van der Waals surface area contributed by atoms with Gasteiger partial charge in [0.25, 0.3) is 0 Å². The molecule has 122 valence electrons. The molecule has 7 heteroatoms. The lowest BCUT2D eigenvalue weighted by Gasteiger charge is -2.10. The van der Waals surface area contributed by atoms with Crippen molar-refractivity contribution in [2.75, 3.05) is 17.7 Å². The number of halogens is 1. The Balaban J connectivity index is 1.77. The third-order valence-electron chi connectivity index (χ3n) is 3.37. The number of aromatic nitrogens is 3. The van der Waals surface area contributed by atoms with Gasteiger partial charge in [-0.15, -0.1) is 5.10 Å². The van der Waals surface area contributed by atoms with Crippen molar-refractivity contribution in [3.05, 3.63) is 59.2 Å². The molecule has 0 bridgehead atoms. The van der Waals surface area contributed by atoms with Crippen LogP contribution >= 0.6 is 11.6 Å². The van der Waals surface area contributed by atoms with Crippen molar-refractivity contribution in [2.45, 2.75) is 6.92 Å². The molecule has 0 radical (unpaired) electrons. The molecule has 1 heterocycles. The highest BCUT2D eigenvalue weighted by Crippen LogP contribution is 2.23. The molecule has 2 aromatic carbocycles. The topological polar surface area (TPSA) is 72.0 Å². The molecule has 0 atom stereocenters. The van der Waals surface area contributed by atoms with Crippen molar-refractivity contribution in [1.82, 2.24) is 15.2 Å². The van der Waals surface area contributed by atoms with E-state index in [9.17, 15) is 0 Å². The molecule has 3 aromatic rings. The number of methoxy groups -OCH3 is 1. The molecule has 6 nitrogen and oxygen atoms in total. The first-order valence-electron chi connectivity index (χ1n) is 7.28. The monoisotopic (exact) mass is 341 g/mol. The maximum absolute atomic E-state index is 6.03. The average molecular weight is 342 g/mol. The molecule has 0 unspecified atom stereocenters. The van der Waals surface area contributed by atoms with E-state index in [2.05, 4.69) is 25.8 Å². The summed E-state index contributed by atoms with van der Waals surface area (Å²) in [6, 6.07) is 13.1. The van der Waals surface area contributed by atoms with Gasteiger partial charge in [-0.2, -0.15) is 10.1 Å². The molecule has 0 saturated heterocycles. The molecular formula is C17H16ClN5O. The van der Waals surface area contributed by atoms with Gasteiger partial charge in [-0.05, 0) is 48.9 Å². The van der Waals surface area contributed by atoms with Crippen LogP contribution in [-0.2, 0) is 0 Å². The smallest absolute Gasteiger partial charge is 0.249 e. The van der Waals surface area contributed by atoms with Crippen molar-refractivity contribution in [2.24, 2.45) is 0 Å². The average Bonchev–Trinajstić information content (AvgIpc) is 2.59. The van der Waals surface area contributed by atoms with Crippen LogP contribution < -0.4 is 15.4 Å². The van der Waals surface area contributed by atoms with E-state index in [1.165, 1.54) is 0 Å². The molecule has 0 spiro atoms. The van der Waals surface area contributed by atoms with E-state index < -0.39 is 0 Å². The van der Waals surface area contributed by atoms with Crippen LogP contribution in [0.25, 0.3) is 0 Å². The second kappa shape index (κ2) is 7.14. The Morgan fingerprint density at radius 2 is 1.83 bits per heavy atom. The molecule has 24 heavy (non-hydrogen) atoms. The van der Waals surface area contributed by atoms with Crippen LogP contribution in [0.1, 0.15) is 5.56 Å². The summed E-state index contributed by atoms with van der Waals surface area (Å²) in [4.78, 5) is 4.41. The number of aryl methyl sites for hydroxylation is 1. The number of rotatable bonds is 5. The first-order valence-corrected chi connectivity index (χ1v) is 7.66. The van der Waals surface area contributed by atoms with E-state index >= 15 is 0 Å². The van der Waals surface area contributed by atoms with Crippen molar-refractivity contribution in [1.29, 1.82) is 0 Å². The number of hydrogen-bond donors (Lipinski definition) is 2. The van der Waals surface area contributed by atoms with Gasteiger partial charge >= 0.3 is 0 Å². The number of anilines is 4. The van der Waals surface area contributed by atoms with Gasteiger partial charge in [0.1, 0.15) is 5.75 Å². The first kappa shape index (κ1) is 16.0. The number of benzene rings is 2. The van der Waals surface area contributed by atoms with Gasteiger partial charge in [-0.1, -0.05) is 17.7 Å². The van der Waals surface area contributed by atoms with Gasteiger partial charge in [-0.25, -0.2) is 0 Å². The van der Waals surface area contributed by atoms with Crippen molar-refractivity contribution < 1.29 is 4.74 Å². The fraction of sp³-hybridized carbons (Fsp3) is 0.118. The zero-order valence-electron chi connectivity index (χ0n) is 13.2. The molecule has 0 aliphatic carbocycles. The second-order valence-corrected chi connectivity index (χ2v) is 5.54. The zero-order valence-corrected chi connectivity index (χ0v) is 14.0. The van der Waals surface area contributed by atoms with Crippen LogP contribution in [-0.4, -0.2) is 22.3 Å². The molecule has 0 aliphatic heterocycles. The first-order chi connectivity index (χ1) is 11.6. The standard InChI is InChI=1S/C17H16ClN5O/c1-11-3-4-12(18)9-15(11)21-17-22-16(10-19-23-17)20-13-5-7-14(24-2)8-6-13/h3-10H,1-2H3,(H2,20,21,22,23). The van der Waals surface area contributed by atoms with Crippen LogP contribution in [0.3, 0.4) is 0 Å². The third kappa shape index (κ3) is 3.91. The van der Waals surface area contributed by atoms with E-state index in [1.807, 2.05) is 49.4 Å². The number of ether oxygens (including phenoxy) is 1. The Morgan fingerprint density at radius 3 is 2.58 bits per heavy atom. The number of hydrogen-bond acceptors (Lipinski definition) is 6. The Morgan fingerprint density at radius 1 is 1.04 bits per heavy atom. The van der Waals surface area contributed by atoms with Crippen LogP contribution in [0.15, 0.2) is 48.7 Å². The fourth-order valence-corrected chi connectivity index (χ4v) is 2.26. The van der Waals surface area contributed by atoms with Crippen molar-refractivity contribution >= 4 is 34.7 Å². The van der Waals surface area contributed by atoms with Crippen LogP contribution in [0.2, 0.25) is 5.02 Å². The predicted molar refractivity (Wildman–Crippen MR) is 95.6 cm³/mol. The van der Waals surface area contributed by atoms with Crippen LogP contribution in [0.4, 0.5) is 23.1 Å². The van der Waals surface area contributed by atoms with Gasteiger partial charge < -0.3 is 15.4 Å². The van der Waals surface area contributed by atoms with Gasteiger partial charge in [-0.3, -0.25) is 0 Å². The Hall–Kier alpha value is -2.86. The molecule has 1 aromatic heterocycles. The van der Waals surface area contributed by atoms with E-state index in [0.29, 0.717) is 16.8 Å². The molecule has 0 fully saturated rings. The van der Waals surface area contributed by atoms with Crippen LogP contribution in [0, 0.1) is 6.92 Å². The summed E-state index contributed by atoms with van der Waals surface area (Å²) in [7, 11) is 1.63. The summed E-state index contributed by atoms with van der Waals surface area (Å²) in [5.74, 6) is 1.76. The third-order valence-corrected chi connectivity index (χ3v) is 3.60. The van der Waals surface area contributed by atoms with Crippen LogP contribution in [0.5, 0.6) is 5.75 Å². The van der Waals surface area contributed by atoms with Gasteiger partial charge in [0.15, 0.2) is 5.82 Å². The van der Waals surface area contributed by atoms with Gasteiger partial charge in [0, 0.05) is 16.4 Å². The molecule has 0 aliphatic rings. The quantitative estimate of drug-likeness (QED) is 0.719. The SMILES string of the molecule is COc1ccc(Nc2cnnc(Nc3cc(Cl)ccc3C)n2)cc1. The highest BCUT2D eigenvalue weighted by atomic mass is 35.5. The normalized spacial score (nSPS) is 10.3. The molecular weight excluding hydrogens is 326 g/mol. The van der Waals surface area contributed by atoms with Crippen molar-refractivity contribution in [3.63, 3.8) is 0 Å². The predicted octanol–water partition coefficient (Wildman–Crippen LogP) is 4.33. The fourth-order valence-electron chi connectivity index (χ4n) is 2.09. The maximum atomic E-state index is 6.03. The highest BCUT2D eigenvalue weighted by Gasteiger charge is 2.05. The van der Waals surface area contributed by atoms with E-state index in [0.717, 1.165) is 22.7 Å². The summed E-state index contributed by atoms with van der Waals surface area (Å²) in [5, 5.41) is 14.9. The Kier molecular flexibility index (Phi) is 4.77. The Labute approximate surface area is 144 Å². The minimum absolute atomic E-state index is 0.388. The van der Waals surface area contributed by atoms with E-state index in [4.69, 9.17) is 16.3 Å². The molecule has 0 amide bonds. The lowest BCUT2D eigenvalue weighted by Crippen LogP contribution is -2.03. The lowest BCUT2D eigenvalue weighted by molar-refractivity contribution is 0.415. The van der Waals surface area contributed by atoms with Gasteiger partial charge in [0.05, 0.1) is 13.3 Å². The van der Waals surface area contributed by atoms with Crippen molar-refractivity contribution in [3.8, 4) is 5.75 Å². The summed E-state index contributed by atoms with van der Waals surface area (Å²) in [6.45, 7) is 1.98. The summed E-state index contributed by atoms with van der Waals surface area (Å²) < 4.78 is 5.14. The largest absolute Gasteiger partial charge is 0.497 e.